The molecule has 79 heavy (non-hydrogen) atoms. The molecule has 384 valence electrons. The van der Waals surface area contributed by atoms with Crippen molar-refractivity contribution in [3.63, 3.8) is 0 Å². The van der Waals surface area contributed by atoms with E-state index in [2.05, 4.69) is 278 Å². The predicted molar refractivity (Wildman–Crippen MR) is 326 cm³/mol. The summed E-state index contributed by atoms with van der Waals surface area (Å²) in [7, 11) is 0. The number of hydrogen-bond donors (Lipinski definition) is 0. The van der Waals surface area contributed by atoms with Gasteiger partial charge in [0.05, 0.1) is 22.1 Å². The molecule has 0 fully saturated rings. The number of benzene rings is 9. The van der Waals surface area contributed by atoms with Crippen molar-refractivity contribution in [2.45, 2.75) is 52.4 Å². The summed E-state index contributed by atoms with van der Waals surface area (Å²) < 4.78 is 9.23. The van der Waals surface area contributed by atoms with Gasteiger partial charge in [0.2, 0.25) is 0 Å². The minimum atomic E-state index is 0. The summed E-state index contributed by atoms with van der Waals surface area (Å²) in [6.45, 7) is 13.4. The summed E-state index contributed by atoms with van der Waals surface area (Å²) in [6, 6.07) is 85.2. The summed E-state index contributed by atoms with van der Waals surface area (Å²) in [5.41, 5.74) is 16.6. The minimum absolute atomic E-state index is 0. The van der Waals surface area contributed by atoms with Gasteiger partial charge >= 0.3 is 21.1 Å². The third kappa shape index (κ3) is 8.36. The molecule has 0 spiro atoms. The average molecular weight is 1200 g/mol. The van der Waals surface area contributed by atoms with Gasteiger partial charge in [-0.1, -0.05) is 144 Å². The zero-order valence-electron chi connectivity index (χ0n) is 44.9. The van der Waals surface area contributed by atoms with Gasteiger partial charge in [-0.2, -0.15) is 48.5 Å². The van der Waals surface area contributed by atoms with Crippen LogP contribution in [0.25, 0.3) is 121 Å². The number of fused-ring (bicyclic) bond motifs is 12. The van der Waals surface area contributed by atoms with Crippen LogP contribution < -0.4 is 0 Å². The molecular weight excluding hydrogens is 1140 g/mol. The van der Waals surface area contributed by atoms with Crippen molar-refractivity contribution >= 4 is 87.2 Å². The van der Waals surface area contributed by atoms with Crippen molar-refractivity contribution < 1.29 is 21.1 Å². The molecule has 0 radical (unpaired) electrons. The maximum atomic E-state index is 4.81. The Balaban J connectivity index is 0.000000150. The molecule has 7 heteroatoms. The first-order valence-electron chi connectivity index (χ1n) is 26.9. The van der Waals surface area contributed by atoms with E-state index in [1.807, 2.05) is 24.5 Å². The second kappa shape index (κ2) is 19.3. The van der Waals surface area contributed by atoms with Gasteiger partial charge in [-0.25, -0.2) is 9.97 Å². The molecule has 15 aromatic rings. The van der Waals surface area contributed by atoms with Crippen LogP contribution in [0.3, 0.4) is 0 Å². The van der Waals surface area contributed by atoms with Crippen LogP contribution in [0.5, 0.6) is 0 Å². The Morgan fingerprint density at radius 1 is 0.316 bits per heavy atom. The first-order valence-corrected chi connectivity index (χ1v) is 26.9. The quantitative estimate of drug-likeness (QED) is 0.161. The molecule has 0 bridgehead atoms. The van der Waals surface area contributed by atoms with Crippen LogP contribution in [-0.4, -0.2) is 28.2 Å². The van der Waals surface area contributed by atoms with Gasteiger partial charge in [0.25, 0.3) is 0 Å². The van der Waals surface area contributed by atoms with Crippen molar-refractivity contribution in [3.05, 3.63) is 254 Å². The Hall–Kier alpha value is -8.83. The Kier molecular flexibility index (Phi) is 12.1. The third-order valence-electron chi connectivity index (χ3n) is 15.7. The third-order valence-corrected chi connectivity index (χ3v) is 15.7. The summed E-state index contributed by atoms with van der Waals surface area (Å²) in [5.74, 6) is 1.85. The Labute approximate surface area is 474 Å². The molecule has 15 rings (SSSR count). The molecule has 0 aliphatic carbocycles. The van der Waals surface area contributed by atoms with Gasteiger partial charge in [0, 0.05) is 56.3 Å². The van der Waals surface area contributed by atoms with E-state index in [0.717, 1.165) is 39.4 Å². The molecule has 0 amide bonds. The van der Waals surface area contributed by atoms with E-state index < -0.39 is 0 Å². The fourth-order valence-corrected chi connectivity index (χ4v) is 11.8. The molecule has 9 aromatic carbocycles. The fraction of sp³-hybridized carbons (Fsp3) is 0.111. The molecular formula is C72H56N6Pt. The van der Waals surface area contributed by atoms with E-state index in [-0.39, 0.29) is 31.9 Å². The van der Waals surface area contributed by atoms with Crippen LogP contribution in [-0.2, 0) is 31.9 Å². The average Bonchev–Trinajstić information content (AvgIpc) is 4.34. The first-order chi connectivity index (χ1) is 38.0. The van der Waals surface area contributed by atoms with Gasteiger partial charge in [-0.15, -0.1) is 10.8 Å². The molecule has 6 aromatic heterocycles. The van der Waals surface area contributed by atoms with Crippen LogP contribution in [0.2, 0.25) is 0 Å². The van der Waals surface area contributed by atoms with Crippen LogP contribution in [0.15, 0.2) is 231 Å². The van der Waals surface area contributed by atoms with Crippen LogP contribution in [0.1, 0.15) is 52.7 Å². The molecule has 0 saturated heterocycles. The second-order valence-electron chi connectivity index (χ2n) is 22.6. The smallest absolute Gasteiger partial charge is 0.319 e. The van der Waals surface area contributed by atoms with Gasteiger partial charge in [-0.05, 0) is 135 Å². The van der Waals surface area contributed by atoms with Crippen molar-refractivity contribution in [1.29, 1.82) is 0 Å². The van der Waals surface area contributed by atoms with Crippen molar-refractivity contribution in [1.82, 2.24) is 28.2 Å². The topological polar surface area (TPSA) is 45.5 Å². The first kappa shape index (κ1) is 49.7. The van der Waals surface area contributed by atoms with Gasteiger partial charge in [-0.3, -0.25) is 0 Å². The molecule has 0 saturated carbocycles. The number of pyridine rings is 2. The van der Waals surface area contributed by atoms with Crippen LogP contribution >= 0.6 is 0 Å². The molecule has 0 aliphatic heterocycles. The van der Waals surface area contributed by atoms with Crippen molar-refractivity contribution in [3.8, 4) is 34.1 Å². The van der Waals surface area contributed by atoms with Crippen molar-refractivity contribution in [2.75, 3.05) is 0 Å². The Morgan fingerprint density at radius 2 is 0.696 bits per heavy atom. The number of hydrogen-bond acceptors (Lipinski definition) is 2. The number of para-hydroxylation sites is 6. The summed E-state index contributed by atoms with van der Waals surface area (Å²) in [4.78, 5) is 9.59. The van der Waals surface area contributed by atoms with E-state index in [0.29, 0.717) is 0 Å². The zero-order valence-corrected chi connectivity index (χ0v) is 47.2. The van der Waals surface area contributed by atoms with Gasteiger partial charge < -0.3 is 18.3 Å². The maximum absolute atomic E-state index is 4.81. The maximum Gasteiger partial charge on any atom is 2.00 e. The fourth-order valence-electron chi connectivity index (χ4n) is 11.8. The standard InChI is InChI=1S/C39H30N3.C33H26N3.Pt/c1-39(2,3)28-21-22-40-38(25-28)42-35-16-10-8-14-31(35)33-24-27(18-20-37(33)42)26-17-19-36-32(23-26)30-13-7-9-15-34(30)41(36)29-11-5-4-6-12-29;1-33(2,3)22-18-19-34-32(20-22)36-30-15-9-6-12-26(30)27-21-23(16-17-31(27)36)35-28-13-7-4-10-24(28)25-11-5-8-14-29(25)35;/h4-15,17-25H,1-3H3;4-14,16-21H,1-3H3;/q2*-1;+2. The van der Waals surface area contributed by atoms with Crippen LogP contribution in [0.4, 0.5) is 0 Å². The normalized spacial score (nSPS) is 12.1. The van der Waals surface area contributed by atoms with E-state index in [9.17, 15) is 0 Å². The SMILES string of the molecule is CC(C)(C)c1ccnc(-n2c3[c-]cccc3c3cc(-c4ccc5c(c4)c4ccccc4n5-c4ccccc4)ccc32)c1.CC(C)(C)c1ccnc(-n2c3[c-]cccc3c3cc(-n4c5ccccc5c5ccccc54)ccc32)c1.[Pt+2]. The van der Waals surface area contributed by atoms with Crippen LogP contribution in [0, 0.1) is 12.1 Å². The molecule has 6 heterocycles. The van der Waals surface area contributed by atoms with Crippen molar-refractivity contribution in [2.24, 2.45) is 0 Å². The van der Waals surface area contributed by atoms with E-state index in [4.69, 9.17) is 9.97 Å². The number of rotatable bonds is 5. The van der Waals surface area contributed by atoms with E-state index in [1.165, 1.54) is 93.1 Å². The predicted octanol–water partition coefficient (Wildman–Crippen LogP) is 18.4. The van der Waals surface area contributed by atoms with E-state index in [1.54, 1.807) is 0 Å². The zero-order chi connectivity index (χ0) is 52.9. The summed E-state index contributed by atoms with van der Waals surface area (Å²) >= 11 is 0. The minimum Gasteiger partial charge on any atom is -0.319 e. The molecule has 0 N–H and O–H groups in total. The largest absolute Gasteiger partial charge is 2.00 e. The van der Waals surface area contributed by atoms with Gasteiger partial charge in [0.15, 0.2) is 0 Å². The second-order valence-corrected chi connectivity index (χ2v) is 22.6. The number of aromatic nitrogens is 6. The summed E-state index contributed by atoms with van der Waals surface area (Å²) in [5, 5.41) is 9.82. The molecule has 0 unspecified atom stereocenters. The molecule has 6 nitrogen and oxygen atoms in total. The Bertz CT molecular complexity index is 4770. The van der Waals surface area contributed by atoms with E-state index >= 15 is 0 Å². The monoisotopic (exact) mass is 1200 g/mol. The molecule has 0 aliphatic rings. The molecule has 0 atom stereocenters. The number of nitrogens with zero attached hydrogens (tertiary/aromatic N) is 6. The summed E-state index contributed by atoms with van der Waals surface area (Å²) in [6.07, 6.45) is 3.84. The Morgan fingerprint density at radius 3 is 1.19 bits per heavy atom. The van der Waals surface area contributed by atoms with Gasteiger partial charge in [0.1, 0.15) is 11.6 Å².